The Bertz CT molecular complexity index is 356. The molecule has 16 heavy (non-hydrogen) atoms. The summed E-state index contributed by atoms with van der Waals surface area (Å²) in [7, 11) is 0. The van der Waals surface area contributed by atoms with Gasteiger partial charge < -0.3 is 5.73 Å². The number of rotatable bonds is 2. The van der Waals surface area contributed by atoms with Crippen LogP contribution in [0, 0.1) is 22.7 Å². The molecule has 2 saturated carbocycles. The second-order valence-corrected chi connectivity index (χ2v) is 6.43. The molecule has 1 amide bonds. The van der Waals surface area contributed by atoms with Crippen LogP contribution in [0.15, 0.2) is 11.6 Å². The lowest BCUT2D eigenvalue weighted by molar-refractivity contribution is -0.114. The van der Waals surface area contributed by atoms with Crippen molar-refractivity contribution in [1.82, 2.24) is 0 Å². The molecule has 0 spiro atoms. The number of hydrogen-bond acceptors (Lipinski definition) is 1. The van der Waals surface area contributed by atoms with Gasteiger partial charge in [0, 0.05) is 5.57 Å². The molecule has 3 unspecified atom stereocenters. The third-order valence-corrected chi connectivity index (χ3v) is 5.70. The fourth-order valence-electron chi connectivity index (χ4n) is 3.90. The number of fused-ring (bicyclic) bond motifs is 2. The molecule has 2 nitrogen and oxygen atoms in total. The molecule has 0 aromatic carbocycles. The van der Waals surface area contributed by atoms with Crippen molar-refractivity contribution >= 4 is 5.91 Å². The lowest BCUT2D eigenvalue weighted by atomic mass is 9.66. The topological polar surface area (TPSA) is 43.1 Å². The highest BCUT2D eigenvalue weighted by Crippen LogP contribution is 2.68. The Morgan fingerprint density at radius 2 is 2.00 bits per heavy atom. The number of hydrogen-bond donors (Lipinski definition) is 1. The van der Waals surface area contributed by atoms with Gasteiger partial charge in [-0.3, -0.25) is 4.79 Å². The van der Waals surface area contributed by atoms with Crippen molar-refractivity contribution in [3.63, 3.8) is 0 Å². The molecular formula is C14H23NO. The van der Waals surface area contributed by atoms with Crippen LogP contribution in [0.4, 0.5) is 0 Å². The average Bonchev–Trinajstić information content (AvgIpc) is 2.50. The molecule has 90 valence electrons. The third kappa shape index (κ3) is 1.35. The maximum Gasteiger partial charge on any atom is 0.244 e. The van der Waals surface area contributed by atoms with E-state index < -0.39 is 0 Å². The Hall–Kier alpha value is -0.790. The van der Waals surface area contributed by atoms with Crippen molar-refractivity contribution in [2.75, 3.05) is 0 Å². The van der Waals surface area contributed by atoms with Gasteiger partial charge in [-0.25, -0.2) is 0 Å². The van der Waals surface area contributed by atoms with Crippen LogP contribution in [0.1, 0.15) is 47.0 Å². The number of primary amides is 1. The maximum absolute atomic E-state index is 11.1. The molecule has 0 saturated heterocycles. The van der Waals surface area contributed by atoms with E-state index in [0.717, 1.165) is 11.5 Å². The summed E-state index contributed by atoms with van der Waals surface area (Å²) >= 11 is 0. The zero-order chi connectivity index (χ0) is 12.1. The lowest BCUT2D eigenvalue weighted by Crippen LogP contribution is -2.31. The predicted molar refractivity (Wildman–Crippen MR) is 65.7 cm³/mol. The number of allylic oxidation sites excluding steroid dienone is 1. The van der Waals surface area contributed by atoms with Gasteiger partial charge in [-0.1, -0.05) is 26.8 Å². The Kier molecular flexibility index (Phi) is 2.45. The molecule has 3 atom stereocenters. The number of nitrogens with two attached hydrogens (primary N) is 1. The molecule has 0 aromatic rings. The van der Waals surface area contributed by atoms with Crippen LogP contribution in [0.2, 0.25) is 0 Å². The van der Waals surface area contributed by atoms with Crippen molar-refractivity contribution in [3.05, 3.63) is 11.6 Å². The minimum absolute atomic E-state index is 0.274. The van der Waals surface area contributed by atoms with Crippen molar-refractivity contribution in [2.24, 2.45) is 28.4 Å². The first kappa shape index (κ1) is 11.7. The number of carbonyl (C=O) groups is 1. The molecule has 2 fully saturated rings. The van der Waals surface area contributed by atoms with Crippen LogP contribution in [-0.4, -0.2) is 5.91 Å². The summed E-state index contributed by atoms with van der Waals surface area (Å²) < 4.78 is 0. The molecule has 0 radical (unpaired) electrons. The molecule has 2 aliphatic rings. The minimum atomic E-state index is -0.274. The molecule has 2 rings (SSSR count). The Morgan fingerprint density at radius 1 is 1.38 bits per heavy atom. The summed E-state index contributed by atoms with van der Waals surface area (Å²) in [5.41, 5.74) is 6.81. The van der Waals surface area contributed by atoms with Gasteiger partial charge in [0.2, 0.25) is 5.91 Å². The smallest absolute Gasteiger partial charge is 0.244 e. The SMILES string of the molecule is C/C(=C\C1CC2CCC1(C)C2(C)C)C(N)=O. The molecule has 0 aliphatic heterocycles. The van der Waals surface area contributed by atoms with Crippen molar-refractivity contribution < 1.29 is 4.79 Å². The predicted octanol–water partition coefficient (Wildman–Crippen LogP) is 2.88. The normalized spacial score (nSPS) is 41.4. The first-order chi connectivity index (χ1) is 7.29. The van der Waals surface area contributed by atoms with Gasteiger partial charge in [-0.15, -0.1) is 0 Å². The highest BCUT2D eigenvalue weighted by molar-refractivity contribution is 5.91. The zero-order valence-corrected chi connectivity index (χ0v) is 10.8. The van der Waals surface area contributed by atoms with Crippen molar-refractivity contribution in [2.45, 2.75) is 47.0 Å². The summed E-state index contributed by atoms with van der Waals surface area (Å²) in [6, 6.07) is 0. The molecule has 2 aliphatic carbocycles. The quantitative estimate of drug-likeness (QED) is 0.716. The standard InChI is InChI=1S/C14H23NO/c1-9(12(15)16)7-11-8-10-5-6-14(11,4)13(10,2)3/h7,10-11H,5-6,8H2,1-4H3,(H2,15,16)/b9-7+. The minimum Gasteiger partial charge on any atom is -0.366 e. The maximum atomic E-state index is 11.1. The van der Waals surface area contributed by atoms with Gasteiger partial charge in [0.05, 0.1) is 0 Å². The highest BCUT2D eigenvalue weighted by Gasteiger charge is 2.60. The molecule has 2 heteroatoms. The number of carbonyl (C=O) groups excluding carboxylic acids is 1. The zero-order valence-electron chi connectivity index (χ0n) is 10.8. The molecule has 0 heterocycles. The fraction of sp³-hybridized carbons (Fsp3) is 0.786. The van der Waals surface area contributed by atoms with Crippen LogP contribution < -0.4 is 5.73 Å². The average molecular weight is 221 g/mol. The van der Waals surface area contributed by atoms with Crippen LogP contribution in [-0.2, 0) is 4.79 Å². The van der Waals surface area contributed by atoms with Gasteiger partial charge in [-0.2, -0.15) is 0 Å². The second-order valence-electron chi connectivity index (χ2n) is 6.43. The van der Waals surface area contributed by atoms with Gasteiger partial charge in [0.15, 0.2) is 0 Å². The van der Waals surface area contributed by atoms with E-state index in [-0.39, 0.29) is 5.91 Å². The Labute approximate surface area is 98.3 Å². The van der Waals surface area contributed by atoms with Crippen molar-refractivity contribution in [1.29, 1.82) is 0 Å². The highest BCUT2D eigenvalue weighted by atomic mass is 16.1. The fourth-order valence-corrected chi connectivity index (χ4v) is 3.90. The summed E-state index contributed by atoms with van der Waals surface area (Å²) in [6.07, 6.45) is 6.00. The molecule has 2 N–H and O–H groups in total. The molecular weight excluding hydrogens is 198 g/mol. The number of amides is 1. The van der Waals surface area contributed by atoms with Crippen LogP contribution in [0.3, 0.4) is 0 Å². The van der Waals surface area contributed by atoms with E-state index in [0.29, 0.717) is 16.7 Å². The Balaban J connectivity index is 2.29. The largest absolute Gasteiger partial charge is 0.366 e. The van der Waals surface area contributed by atoms with Gasteiger partial charge in [0.25, 0.3) is 0 Å². The van der Waals surface area contributed by atoms with E-state index in [9.17, 15) is 4.79 Å². The van der Waals surface area contributed by atoms with Crippen LogP contribution in [0.5, 0.6) is 0 Å². The van der Waals surface area contributed by atoms with Gasteiger partial charge >= 0.3 is 0 Å². The lowest BCUT2D eigenvalue weighted by Gasteiger charge is -2.38. The van der Waals surface area contributed by atoms with E-state index >= 15 is 0 Å². The Morgan fingerprint density at radius 3 is 2.38 bits per heavy atom. The van der Waals surface area contributed by atoms with Gasteiger partial charge in [0.1, 0.15) is 0 Å². The van der Waals surface area contributed by atoms with E-state index in [1.54, 1.807) is 0 Å². The molecule has 0 aromatic heterocycles. The van der Waals surface area contributed by atoms with E-state index in [1.807, 2.05) is 6.92 Å². The van der Waals surface area contributed by atoms with Gasteiger partial charge in [-0.05, 0) is 48.9 Å². The van der Waals surface area contributed by atoms with Crippen molar-refractivity contribution in [3.8, 4) is 0 Å². The summed E-state index contributed by atoms with van der Waals surface area (Å²) in [5.74, 6) is 1.08. The summed E-state index contributed by atoms with van der Waals surface area (Å²) in [6.45, 7) is 9.00. The van der Waals surface area contributed by atoms with Crippen LogP contribution in [0.25, 0.3) is 0 Å². The first-order valence-electron chi connectivity index (χ1n) is 6.27. The van der Waals surface area contributed by atoms with E-state index in [2.05, 4.69) is 26.8 Å². The summed E-state index contributed by atoms with van der Waals surface area (Å²) in [5, 5.41) is 0. The monoisotopic (exact) mass is 221 g/mol. The first-order valence-corrected chi connectivity index (χ1v) is 6.27. The molecule has 2 bridgehead atoms. The third-order valence-electron chi connectivity index (χ3n) is 5.70. The van der Waals surface area contributed by atoms with Crippen LogP contribution >= 0.6 is 0 Å². The van der Waals surface area contributed by atoms with E-state index in [1.165, 1.54) is 19.3 Å². The second kappa shape index (κ2) is 3.35. The summed E-state index contributed by atoms with van der Waals surface area (Å²) in [4.78, 5) is 11.1. The van der Waals surface area contributed by atoms with E-state index in [4.69, 9.17) is 5.73 Å².